The Hall–Kier alpha value is -3.07. The molecule has 3 aromatic carbocycles. The van der Waals surface area contributed by atoms with Crippen LogP contribution in [0.25, 0.3) is 22.6 Å². The highest BCUT2D eigenvalue weighted by Gasteiger charge is 2.35. The molecule has 0 aliphatic carbocycles. The van der Waals surface area contributed by atoms with Crippen molar-refractivity contribution in [3.05, 3.63) is 85.1 Å². The minimum Gasteiger partial charge on any atom is -0.451 e. The van der Waals surface area contributed by atoms with Gasteiger partial charge in [-0.2, -0.15) is 0 Å². The normalized spacial score (nSPS) is 12.1. The van der Waals surface area contributed by atoms with E-state index in [0.717, 1.165) is 11.2 Å². The van der Waals surface area contributed by atoms with Crippen molar-refractivity contribution in [2.45, 2.75) is 0 Å². The number of hydrogen-bond acceptors (Lipinski definition) is 2. The van der Waals surface area contributed by atoms with Crippen LogP contribution in [0.2, 0.25) is 0 Å². The maximum atomic E-state index is 6.16. The molecule has 0 radical (unpaired) electrons. The number of nitrogens with zero attached hydrogens (tertiary/aromatic N) is 1. The largest absolute Gasteiger partial charge is 0.451 e. The topological polar surface area (TPSA) is 26.0 Å². The van der Waals surface area contributed by atoms with E-state index in [1.54, 1.807) is 0 Å². The first-order valence-corrected chi connectivity index (χ1v) is 8.11. The van der Waals surface area contributed by atoms with E-state index in [9.17, 15) is 0 Å². The van der Waals surface area contributed by atoms with Crippen LogP contribution in [0.4, 0.5) is 0 Å². The monoisotopic (exact) mass is 307 g/mol. The molecule has 1 aliphatic heterocycles. The molecule has 1 aromatic heterocycles. The molecule has 0 unspecified atom stereocenters. The van der Waals surface area contributed by atoms with Crippen molar-refractivity contribution in [2.75, 3.05) is 0 Å². The summed E-state index contributed by atoms with van der Waals surface area (Å²) in [5.41, 5.74) is 7.05. The van der Waals surface area contributed by atoms with Gasteiger partial charge in [0.15, 0.2) is 0 Å². The molecule has 0 spiro atoms. The van der Waals surface area contributed by atoms with E-state index in [0.29, 0.717) is 5.89 Å². The van der Waals surface area contributed by atoms with Gasteiger partial charge >= 0.3 is 0 Å². The van der Waals surface area contributed by atoms with Crippen molar-refractivity contribution >= 4 is 23.3 Å². The maximum absolute atomic E-state index is 6.16. The van der Waals surface area contributed by atoms with E-state index >= 15 is 0 Å². The van der Waals surface area contributed by atoms with Crippen molar-refractivity contribution in [1.29, 1.82) is 0 Å². The third kappa shape index (κ3) is 1.95. The Labute approximate surface area is 140 Å². The fraction of sp³-hybridized carbons (Fsp3) is 0. The lowest BCUT2D eigenvalue weighted by Gasteiger charge is -2.05. The van der Waals surface area contributed by atoms with E-state index in [1.165, 1.54) is 22.1 Å². The lowest BCUT2D eigenvalue weighted by molar-refractivity contribution is 0.606. The third-order valence-corrected chi connectivity index (χ3v) is 4.66. The standard InChI is InChI=1S/C21H14BNO/c1-2-8-15(9-3-1)21-23-14-20(24-21)22-18-12-6-4-10-16(18)17-11-5-7-13-19(17)22/h1-14H. The number of oxazole rings is 1. The molecule has 0 fully saturated rings. The first kappa shape index (κ1) is 13.4. The van der Waals surface area contributed by atoms with Crippen LogP contribution >= 0.6 is 0 Å². The summed E-state index contributed by atoms with van der Waals surface area (Å²) in [7, 11) is 0. The lowest BCUT2D eigenvalue weighted by Crippen LogP contribution is -2.48. The Morgan fingerprint density at radius 2 is 1.25 bits per heavy atom. The smallest absolute Gasteiger partial charge is 0.291 e. The van der Waals surface area contributed by atoms with Crippen LogP contribution in [0.15, 0.2) is 89.5 Å². The van der Waals surface area contributed by atoms with E-state index < -0.39 is 0 Å². The van der Waals surface area contributed by atoms with Crippen molar-refractivity contribution in [3.63, 3.8) is 0 Å². The molecule has 4 aromatic rings. The molecule has 0 saturated carbocycles. The van der Waals surface area contributed by atoms with Gasteiger partial charge in [0.1, 0.15) is 0 Å². The number of fused-ring (bicyclic) bond motifs is 3. The van der Waals surface area contributed by atoms with Gasteiger partial charge in [-0.25, -0.2) is 4.98 Å². The Kier molecular flexibility index (Phi) is 2.92. The van der Waals surface area contributed by atoms with Crippen LogP contribution in [0, 0.1) is 0 Å². The Bertz CT molecular complexity index is 977. The molecule has 0 atom stereocenters. The number of rotatable bonds is 2. The van der Waals surface area contributed by atoms with Gasteiger partial charge in [0.2, 0.25) is 5.89 Å². The minimum atomic E-state index is 0.113. The van der Waals surface area contributed by atoms with Crippen LogP contribution in [0.1, 0.15) is 0 Å². The summed E-state index contributed by atoms with van der Waals surface area (Å²) in [5.74, 6) is 0.674. The predicted molar refractivity (Wildman–Crippen MR) is 98.5 cm³/mol. The average Bonchev–Trinajstić information content (AvgIpc) is 3.25. The fourth-order valence-electron chi connectivity index (χ4n) is 3.60. The zero-order chi connectivity index (χ0) is 15.9. The second-order valence-corrected chi connectivity index (χ2v) is 6.04. The SMILES string of the molecule is c1ccc(-c2ncc(B3c4ccccc4-c4ccccc43)o2)cc1. The Morgan fingerprint density at radius 3 is 1.92 bits per heavy atom. The van der Waals surface area contributed by atoms with Crippen LogP contribution in [0.3, 0.4) is 0 Å². The molecule has 24 heavy (non-hydrogen) atoms. The molecule has 2 nitrogen and oxygen atoms in total. The van der Waals surface area contributed by atoms with Crippen molar-refractivity contribution in [3.8, 4) is 22.6 Å². The van der Waals surface area contributed by atoms with Crippen LogP contribution in [-0.4, -0.2) is 11.7 Å². The molecule has 0 amide bonds. The van der Waals surface area contributed by atoms with Crippen molar-refractivity contribution < 1.29 is 4.42 Å². The zero-order valence-corrected chi connectivity index (χ0v) is 13.0. The summed E-state index contributed by atoms with van der Waals surface area (Å²) in [6, 6.07) is 27.1. The zero-order valence-electron chi connectivity index (χ0n) is 13.0. The molecule has 1 aliphatic rings. The second kappa shape index (κ2) is 5.24. The quantitative estimate of drug-likeness (QED) is 0.469. The van der Waals surface area contributed by atoms with Gasteiger partial charge in [0, 0.05) is 5.56 Å². The van der Waals surface area contributed by atoms with Gasteiger partial charge in [-0.3, -0.25) is 0 Å². The summed E-state index contributed by atoms with van der Waals surface area (Å²) >= 11 is 0. The van der Waals surface area contributed by atoms with Crippen LogP contribution < -0.4 is 16.6 Å². The highest BCUT2D eigenvalue weighted by atomic mass is 16.3. The number of hydrogen-bond donors (Lipinski definition) is 0. The van der Waals surface area contributed by atoms with Gasteiger partial charge in [0.25, 0.3) is 6.71 Å². The molecule has 2 heterocycles. The van der Waals surface area contributed by atoms with E-state index in [1.807, 2.05) is 36.5 Å². The summed E-state index contributed by atoms with van der Waals surface area (Å²) in [6.07, 6.45) is 1.87. The Morgan fingerprint density at radius 1 is 0.667 bits per heavy atom. The van der Waals surface area contributed by atoms with Crippen LogP contribution in [-0.2, 0) is 0 Å². The van der Waals surface area contributed by atoms with Gasteiger partial charge in [0.05, 0.1) is 11.9 Å². The summed E-state index contributed by atoms with van der Waals surface area (Å²) < 4.78 is 6.16. The third-order valence-electron chi connectivity index (χ3n) is 4.66. The first-order chi connectivity index (χ1) is 11.9. The second-order valence-electron chi connectivity index (χ2n) is 6.04. The molecule has 0 N–H and O–H groups in total. The average molecular weight is 307 g/mol. The summed E-state index contributed by atoms with van der Waals surface area (Å²) in [6.45, 7) is 0.113. The van der Waals surface area contributed by atoms with Crippen molar-refractivity contribution in [2.24, 2.45) is 0 Å². The molecular formula is C21H14BNO. The van der Waals surface area contributed by atoms with Gasteiger partial charge < -0.3 is 4.42 Å². The maximum Gasteiger partial charge on any atom is 0.291 e. The van der Waals surface area contributed by atoms with Crippen molar-refractivity contribution in [1.82, 2.24) is 4.98 Å². The molecule has 112 valence electrons. The van der Waals surface area contributed by atoms with E-state index in [4.69, 9.17) is 4.42 Å². The van der Waals surface area contributed by atoms with Gasteiger partial charge in [-0.1, -0.05) is 77.7 Å². The van der Waals surface area contributed by atoms with E-state index in [2.05, 4.69) is 53.5 Å². The highest BCUT2D eigenvalue weighted by Crippen LogP contribution is 2.23. The van der Waals surface area contributed by atoms with Gasteiger partial charge in [-0.05, 0) is 23.3 Å². The van der Waals surface area contributed by atoms with Crippen LogP contribution in [0.5, 0.6) is 0 Å². The minimum absolute atomic E-state index is 0.113. The molecular weight excluding hydrogens is 293 g/mol. The molecule has 3 heteroatoms. The lowest BCUT2D eigenvalue weighted by atomic mass is 9.41. The highest BCUT2D eigenvalue weighted by molar-refractivity contribution is 6.98. The molecule has 0 bridgehead atoms. The fourth-order valence-corrected chi connectivity index (χ4v) is 3.60. The van der Waals surface area contributed by atoms with Gasteiger partial charge in [-0.15, -0.1) is 0 Å². The molecule has 5 rings (SSSR count). The number of benzene rings is 3. The molecule has 0 saturated heterocycles. The predicted octanol–water partition coefficient (Wildman–Crippen LogP) is 2.84. The van der Waals surface area contributed by atoms with E-state index in [-0.39, 0.29) is 6.71 Å². The summed E-state index contributed by atoms with van der Waals surface area (Å²) in [4.78, 5) is 4.51. The number of aromatic nitrogens is 1. The first-order valence-electron chi connectivity index (χ1n) is 8.11. The summed E-state index contributed by atoms with van der Waals surface area (Å²) in [5, 5.41) is 0. The Balaban J connectivity index is 1.66.